The molecule has 0 spiro atoms. The minimum atomic E-state index is 0. The largest absolute Gasteiger partial charge is 0.488 e. The molecule has 1 aliphatic carbocycles. The Morgan fingerprint density at radius 1 is 1.56 bits per heavy atom. The van der Waals surface area contributed by atoms with Crippen molar-refractivity contribution < 1.29 is 4.74 Å². The fraction of sp³-hybridized carbons (Fsp3) is 0.417. The van der Waals surface area contributed by atoms with Crippen LogP contribution in [0.4, 0.5) is 0 Å². The summed E-state index contributed by atoms with van der Waals surface area (Å²) in [5.41, 5.74) is 0.262. The maximum atomic E-state index is 5.50. The third kappa shape index (κ3) is 3.51. The molecule has 1 saturated carbocycles. The maximum Gasteiger partial charge on any atom is 0.138 e. The van der Waals surface area contributed by atoms with Gasteiger partial charge in [0.1, 0.15) is 12.4 Å². The van der Waals surface area contributed by atoms with Gasteiger partial charge in [0.05, 0.1) is 6.20 Å². The average molecular weight is 241 g/mol. The van der Waals surface area contributed by atoms with Gasteiger partial charge in [0, 0.05) is 11.7 Å². The van der Waals surface area contributed by atoms with Crippen molar-refractivity contribution >= 4 is 12.4 Å². The van der Waals surface area contributed by atoms with Gasteiger partial charge in [-0.05, 0) is 38.1 Å². The van der Waals surface area contributed by atoms with Gasteiger partial charge in [0.15, 0.2) is 0 Å². The van der Waals surface area contributed by atoms with Crippen LogP contribution in [0.3, 0.4) is 0 Å². The van der Waals surface area contributed by atoms with E-state index in [1.165, 1.54) is 12.8 Å². The Hall–Kier alpha value is -1.06. The molecule has 3 nitrogen and oxygen atoms in total. The van der Waals surface area contributed by atoms with Gasteiger partial charge in [-0.15, -0.1) is 12.4 Å². The van der Waals surface area contributed by atoms with E-state index in [9.17, 15) is 0 Å². The van der Waals surface area contributed by atoms with Gasteiger partial charge >= 0.3 is 0 Å². The minimum Gasteiger partial charge on any atom is -0.488 e. The predicted molar refractivity (Wildman–Crippen MR) is 67.1 cm³/mol. The van der Waals surface area contributed by atoms with Gasteiger partial charge in [-0.2, -0.15) is 0 Å². The quantitative estimate of drug-likeness (QED) is 0.802. The number of ether oxygens (including phenoxy) is 1. The highest BCUT2D eigenvalue weighted by atomic mass is 35.5. The summed E-state index contributed by atoms with van der Waals surface area (Å²) in [6.07, 6.45) is 10.2. The van der Waals surface area contributed by atoms with Crippen molar-refractivity contribution in [1.82, 2.24) is 10.3 Å². The van der Waals surface area contributed by atoms with Gasteiger partial charge in [-0.3, -0.25) is 4.98 Å². The Balaban J connectivity index is 0.00000128. The highest BCUT2D eigenvalue weighted by molar-refractivity contribution is 5.85. The van der Waals surface area contributed by atoms with Gasteiger partial charge in [-0.25, -0.2) is 0 Å². The molecule has 1 N–H and O–H groups in total. The van der Waals surface area contributed by atoms with Crippen molar-refractivity contribution in [3.63, 3.8) is 0 Å². The molecule has 16 heavy (non-hydrogen) atoms. The Labute approximate surface area is 102 Å². The first-order valence-corrected chi connectivity index (χ1v) is 5.24. The number of hydrogen-bond donors (Lipinski definition) is 1. The molecular weight excluding hydrogens is 224 g/mol. The summed E-state index contributed by atoms with van der Waals surface area (Å²) < 4.78 is 5.50. The molecule has 0 aliphatic heterocycles. The lowest BCUT2D eigenvalue weighted by atomic mass is 10.2. The van der Waals surface area contributed by atoms with Crippen LogP contribution in [0.2, 0.25) is 0 Å². The number of halogens is 1. The molecule has 1 fully saturated rings. The lowest BCUT2D eigenvalue weighted by molar-refractivity contribution is 0.360. The highest BCUT2D eigenvalue weighted by Gasteiger charge is 2.37. The topological polar surface area (TPSA) is 34.1 Å². The average Bonchev–Trinajstić information content (AvgIpc) is 3.07. The van der Waals surface area contributed by atoms with E-state index < -0.39 is 0 Å². The van der Waals surface area contributed by atoms with Crippen LogP contribution in [-0.4, -0.2) is 24.2 Å². The summed E-state index contributed by atoms with van der Waals surface area (Å²) in [5, 5.41) is 3.30. The van der Waals surface area contributed by atoms with E-state index in [-0.39, 0.29) is 17.9 Å². The van der Waals surface area contributed by atoms with Crippen molar-refractivity contribution in [3.8, 4) is 5.75 Å². The zero-order chi connectivity index (χ0) is 10.6. The number of aromatic nitrogens is 1. The fourth-order valence-electron chi connectivity index (χ4n) is 1.49. The standard InChI is InChI=1S/C12H16N2O.ClH/c1-13-12(6-7-12)5-3-9-15-11-4-2-8-14-10-11;/h2-5,8,10,13H,6-7,9H2,1H3;1H. The minimum absolute atomic E-state index is 0. The van der Waals surface area contributed by atoms with Crippen LogP contribution in [0.1, 0.15) is 12.8 Å². The van der Waals surface area contributed by atoms with Crippen LogP contribution in [0.25, 0.3) is 0 Å². The molecule has 88 valence electrons. The van der Waals surface area contributed by atoms with Crippen LogP contribution in [-0.2, 0) is 0 Å². The third-order valence-corrected chi connectivity index (χ3v) is 2.70. The summed E-state index contributed by atoms with van der Waals surface area (Å²) in [4.78, 5) is 3.98. The Morgan fingerprint density at radius 2 is 2.38 bits per heavy atom. The third-order valence-electron chi connectivity index (χ3n) is 2.70. The van der Waals surface area contributed by atoms with E-state index in [4.69, 9.17) is 4.74 Å². The molecule has 0 saturated heterocycles. The Morgan fingerprint density at radius 3 is 2.94 bits per heavy atom. The molecule has 1 aliphatic rings. The second kappa shape index (κ2) is 5.87. The van der Waals surface area contributed by atoms with Gasteiger partial charge in [0.2, 0.25) is 0 Å². The number of likely N-dealkylation sites (N-methyl/N-ethyl adjacent to an activating group) is 1. The second-order valence-electron chi connectivity index (χ2n) is 3.81. The maximum absolute atomic E-state index is 5.50. The molecule has 0 bridgehead atoms. The van der Waals surface area contributed by atoms with E-state index in [1.807, 2.05) is 19.2 Å². The summed E-state index contributed by atoms with van der Waals surface area (Å²) in [6, 6.07) is 3.78. The highest BCUT2D eigenvalue weighted by Crippen LogP contribution is 2.35. The van der Waals surface area contributed by atoms with E-state index in [0.717, 1.165) is 5.75 Å². The number of rotatable bonds is 5. The number of pyridine rings is 1. The molecule has 4 heteroatoms. The van der Waals surface area contributed by atoms with Crippen LogP contribution in [0.5, 0.6) is 5.75 Å². The first-order valence-electron chi connectivity index (χ1n) is 5.24. The zero-order valence-electron chi connectivity index (χ0n) is 9.35. The van der Waals surface area contributed by atoms with E-state index in [2.05, 4.69) is 22.5 Å². The van der Waals surface area contributed by atoms with Gasteiger partial charge in [-0.1, -0.05) is 6.08 Å². The van der Waals surface area contributed by atoms with Crippen molar-refractivity contribution in [2.24, 2.45) is 0 Å². The van der Waals surface area contributed by atoms with E-state index >= 15 is 0 Å². The Bertz CT molecular complexity index is 336. The number of nitrogens with one attached hydrogen (secondary N) is 1. The van der Waals surface area contributed by atoms with E-state index in [1.54, 1.807) is 12.4 Å². The van der Waals surface area contributed by atoms with Crippen molar-refractivity contribution in [2.45, 2.75) is 18.4 Å². The molecule has 2 rings (SSSR count). The molecule has 1 aromatic heterocycles. The summed E-state index contributed by atoms with van der Waals surface area (Å²) >= 11 is 0. The molecular formula is C12H17ClN2O. The second-order valence-corrected chi connectivity index (χ2v) is 3.81. The van der Waals surface area contributed by atoms with E-state index in [0.29, 0.717) is 6.61 Å². The lowest BCUT2D eigenvalue weighted by Gasteiger charge is -2.07. The lowest BCUT2D eigenvalue weighted by Crippen LogP contribution is -2.24. The summed E-state index contributed by atoms with van der Waals surface area (Å²) in [7, 11) is 2.00. The summed E-state index contributed by atoms with van der Waals surface area (Å²) in [6.45, 7) is 0.606. The predicted octanol–water partition coefficient (Wildman–Crippen LogP) is 2.19. The molecule has 1 aromatic rings. The molecule has 0 amide bonds. The van der Waals surface area contributed by atoms with Crippen LogP contribution >= 0.6 is 12.4 Å². The van der Waals surface area contributed by atoms with Crippen molar-refractivity contribution in [2.75, 3.05) is 13.7 Å². The summed E-state index contributed by atoms with van der Waals surface area (Å²) in [5.74, 6) is 0.816. The first-order chi connectivity index (χ1) is 7.35. The van der Waals surface area contributed by atoms with Crippen LogP contribution in [0.15, 0.2) is 36.7 Å². The Kier molecular flexibility index (Phi) is 4.77. The number of hydrogen-bond acceptors (Lipinski definition) is 3. The molecule has 0 atom stereocenters. The smallest absolute Gasteiger partial charge is 0.138 e. The molecule has 0 aromatic carbocycles. The zero-order valence-corrected chi connectivity index (χ0v) is 10.2. The normalized spacial score (nSPS) is 16.8. The fourth-order valence-corrected chi connectivity index (χ4v) is 1.49. The molecule has 0 unspecified atom stereocenters. The van der Waals surface area contributed by atoms with Crippen LogP contribution < -0.4 is 10.1 Å². The first kappa shape index (κ1) is 13.0. The molecule has 1 heterocycles. The van der Waals surface area contributed by atoms with Crippen molar-refractivity contribution in [1.29, 1.82) is 0 Å². The van der Waals surface area contributed by atoms with Gasteiger partial charge < -0.3 is 10.1 Å². The number of nitrogens with zero attached hydrogens (tertiary/aromatic N) is 1. The SMILES string of the molecule is CNC1(C=CCOc2cccnc2)CC1.Cl. The van der Waals surface area contributed by atoms with Crippen LogP contribution in [0, 0.1) is 0 Å². The van der Waals surface area contributed by atoms with Gasteiger partial charge in [0.25, 0.3) is 0 Å². The monoisotopic (exact) mass is 240 g/mol. The molecule has 0 radical (unpaired) electrons. The van der Waals surface area contributed by atoms with Crippen molar-refractivity contribution in [3.05, 3.63) is 36.7 Å².